The lowest BCUT2D eigenvalue weighted by atomic mass is 9.98. The first-order valence-electron chi connectivity index (χ1n) is 10.1. The molecule has 2 aromatic carbocycles. The van der Waals surface area contributed by atoms with Crippen LogP contribution < -0.4 is 14.8 Å². The van der Waals surface area contributed by atoms with Crippen LogP contribution in [0.25, 0.3) is 0 Å². The highest BCUT2D eigenvalue weighted by Crippen LogP contribution is 2.33. The van der Waals surface area contributed by atoms with Gasteiger partial charge >= 0.3 is 6.03 Å². The third kappa shape index (κ3) is 5.23. The van der Waals surface area contributed by atoms with Gasteiger partial charge in [0.15, 0.2) is 11.5 Å². The van der Waals surface area contributed by atoms with Crippen molar-refractivity contribution in [2.24, 2.45) is 0 Å². The van der Waals surface area contributed by atoms with Crippen LogP contribution in [0.4, 0.5) is 4.79 Å². The van der Waals surface area contributed by atoms with Gasteiger partial charge in [0.1, 0.15) is 0 Å². The summed E-state index contributed by atoms with van der Waals surface area (Å²) in [5, 5.41) is 2.83. The molecule has 0 saturated carbocycles. The molecule has 1 heterocycles. The Morgan fingerprint density at radius 1 is 1.07 bits per heavy atom. The van der Waals surface area contributed by atoms with Crippen LogP contribution >= 0.6 is 0 Å². The molecule has 1 N–H and O–H groups in total. The molecule has 7 nitrogen and oxygen atoms in total. The molecular weight excluding hydrogens is 382 g/mol. The largest absolute Gasteiger partial charge is 0.493 e. The van der Waals surface area contributed by atoms with Gasteiger partial charge in [-0.3, -0.25) is 4.79 Å². The van der Waals surface area contributed by atoms with Gasteiger partial charge in [0.2, 0.25) is 5.91 Å². The maximum Gasteiger partial charge on any atom is 0.317 e. The third-order valence-electron chi connectivity index (χ3n) is 5.30. The number of amides is 3. The predicted molar refractivity (Wildman–Crippen MR) is 115 cm³/mol. The Labute approximate surface area is 177 Å². The fourth-order valence-corrected chi connectivity index (χ4v) is 3.59. The summed E-state index contributed by atoms with van der Waals surface area (Å²) in [6.07, 6.45) is 1.04. The second-order valence-corrected chi connectivity index (χ2v) is 7.36. The number of urea groups is 1. The first-order valence-corrected chi connectivity index (χ1v) is 10.1. The number of benzene rings is 2. The second kappa shape index (κ2) is 10.0. The number of nitrogens with zero attached hydrogens (tertiary/aromatic N) is 2. The molecule has 1 aliphatic heterocycles. The number of carbonyl (C=O) groups is 2. The van der Waals surface area contributed by atoms with E-state index in [0.717, 1.165) is 17.5 Å². The Morgan fingerprint density at radius 3 is 2.40 bits per heavy atom. The van der Waals surface area contributed by atoms with Crippen molar-refractivity contribution in [3.63, 3.8) is 0 Å². The van der Waals surface area contributed by atoms with Gasteiger partial charge in [-0.15, -0.1) is 0 Å². The van der Waals surface area contributed by atoms with Gasteiger partial charge in [0, 0.05) is 39.6 Å². The van der Waals surface area contributed by atoms with E-state index in [4.69, 9.17) is 9.47 Å². The van der Waals surface area contributed by atoms with Crippen molar-refractivity contribution in [1.82, 2.24) is 15.1 Å². The third-order valence-corrected chi connectivity index (χ3v) is 5.30. The molecule has 160 valence electrons. The first-order chi connectivity index (χ1) is 14.5. The minimum absolute atomic E-state index is 0.0291. The van der Waals surface area contributed by atoms with Gasteiger partial charge in [-0.25, -0.2) is 4.79 Å². The smallest absolute Gasteiger partial charge is 0.317 e. The van der Waals surface area contributed by atoms with E-state index in [9.17, 15) is 9.59 Å². The van der Waals surface area contributed by atoms with Gasteiger partial charge in [-0.05, 0) is 35.2 Å². The van der Waals surface area contributed by atoms with E-state index in [-0.39, 0.29) is 18.4 Å². The number of ether oxygens (including phenoxy) is 2. The van der Waals surface area contributed by atoms with Gasteiger partial charge in [-0.2, -0.15) is 0 Å². The Balaban J connectivity index is 1.48. The lowest BCUT2D eigenvalue weighted by molar-refractivity contribution is -0.131. The van der Waals surface area contributed by atoms with Crippen LogP contribution in [0.5, 0.6) is 11.5 Å². The summed E-state index contributed by atoms with van der Waals surface area (Å²) in [5.41, 5.74) is 3.30. The summed E-state index contributed by atoms with van der Waals surface area (Å²) in [6.45, 7) is 2.03. The molecule has 30 heavy (non-hydrogen) atoms. The Hall–Kier alpha value is -3.22. The van der Waals surface area contributed by atoms with Crippen molar-refractivity contribution in [3.05, 3.63) is 59.2 Å². The number of fused-ring (bicyclic) bond motifs is 1. The SMILES string of the molecule is COc1cc2c(cc1OC)CN(C(=O)CCNC(=O)N(C)Cc1ccccc1)CC2. The molecule has 3 amide bonds. The van der Waals surface area contributed by atoms with Gasteiger partial charge in [0.05, 0.1) is 14.2 Å². The van der Waals surface area contributed by atoms with Crippen LogP contribution in [0.3, 0.4) is 0 Å². The quantitative estimate of drug-likeness (QED) is 0.761. The lowest BCUT2D eigenvalue weighted by Crippen LogP contribution is -2.40. The van der Waals surface area contributed by atoms with E-state index in [0.29, 0.717) is 37.7 Å². The molecule has 0 fully saturated rings. The molecule has 0 aromatic heterocycles. The Morgan fingerprint density at radius 2 is 1.73 bits per heavy atom. The molecule has 0 unspecified atom stereocenters. The minimum atomic E-state index is -0.188. The number of nitrogens with one attached hydrogen (secondary N) is 1. The maximum absolute atomic E-state index is 12.6. The second-order valence-electron chi connectivity index (χ2n) is 7.36. The molecule has 0 bridgehead atoms. The Kier molecular flexibility index (Phi) is 7.17. The molecule has 0 saturated heterocycles. The van der Waals surface area contributed by atoms with Crippen molar-refractivity contribution in [2.75, 3.05) is 34.4 Å². The Bertz CT molecular complexity index is 886. The molecule has 7 heteroatoms. The number of carbonyl (C=O) groups excluding carboxylic acids is 2. The average molecular weight is 412 g/mol. The average Bonchev–Trinajstić information content (AvgIpc) is 2.78. The molecule has 2 aromatic rings. The normalized spacial score (nSPS) is 12.7. The summed E-state index contributed by atoms with van der Waals surface area (Å²) in [5.74, 6) is 1.40. The topological polar surface area (TPSA) is 71.1 Å². The van der Waals surface area contributed by atoms with Crippen LogP contribution in [0.1, 0.15) is 23.1 Å². The van der Waals surface area contributed by atoms with E-state index in [1.54, 1.807) is 26.2 Å². The minimum Gasteiger partial charge on any atom is -0.493 e. The number of hydrogen-bond donors (Lipinski definition) is 1. The monoisotopic (exact) mass is 411 g/mol. The summed E-state index contributed by atoms with van der Waals surface area (Å²) in [6, 6.07) is 13.5. The molecule has 0 radical (unpaired) electrons. The van der Waals surface area contributed by atoms with E-state index in [1.807, 2.05) is 47.4 Å². The van der Waals surface area contributed by atoms with E-state index < -0.39 is 0 Å². The number of rotatable bonds is 7. The van der Waals surface area contributed by atoms with Crippen LogP contribution in [-0.4, -0.2) is 56.1 Å². The van der Waals surface area contributed by atoms with Gasteiger partial charge < -0.3 is 24.6 Å². The van der Waals surface area contributed by atoms with Crippen LogP contribution in [-0.2, 0) is 24.3 Å². The standard InChI is InChI=1S/C23H29N3O4/c1-25(15-17-7-5-4-6-8-17)23(28)24-11-9-22(27)26-12-10-18-13-20(29-2)21(30-3)14-19(18)16-26/h4-8,13-14H,9-12,15-16H2,1-3H3,(H,24,28). The zero-order chi connectivity index (χ0) is 21.5. The van der Waals surface area contributed by atoms with E-state index >= 15 is 0 Å². The fraction of sp³-hybridized carbons (Fsp3) is 0.391. The molecule has 0 spiro atoms. The number of methoxy groups -OCH3 is 2. The molecule has 0 aliphatic carbocycles. The van der Waals surface area contributed by atoms with Crippen molar-refractivity contribution >= 4 is 11.9 Å². The van der Waals surface area contributed by atoms with E-state index in [2.05, 4.69) is 5.32 Å². The summed E-state index contributed by atoms with van der Waals surface area (Å²) >= 11 is 0. The molecule has 3 rings (SSSR count). The zero-order valence-corrected chi connectivity index (χ0v) is 17.8. The highest BCUT2D eigenvalue weighted by atomic mass is 16.5. The maximum atomic E-state index is 12.6. The summed E-state index contributed by atoms with van der Waals surface area (Å²) < 4.78 is 10.7. The molecular formula is C23H29N3O4. The predicted octanol–water partition coefficient (Wildman–Crippen LogP) is 2.82. The fourth-order valence-electron chi connectivity index (χ4n) is 3.59. The first kappa shape index (κ1) is 21.5. The summed E-state index contributed by atoms with van der Waals surface area (Å²) in [7, 11) is 4.97. The van der Waals surface area contributed by atoms with Crippen LogP contribution in [0.15, 0.2) is 42.5 Å². The van der Waals surface area contributed by atoms with Crippen molar-refractivity contribution in [1.29, 1.82) is 0 Å². The molecule has 1 aliphatic rings. The van der Waals surface area contributed by atoms with E-state index in [1.165, 1.54) is 5.56 Å². The van der Waals surface area contributed by atoms with Crippen molar-refractivity contribution in [3.8, 4) is 11.5 Å². The zero-order valence-electron chi connectivity index (χ0n) is 17.8. The van der Waals surface area contributed by atoms with Crippen LogP contribution in [0.2, 0.25) is 0 Å². The molecule has 0 atom stereocenters. The lowest BCUT2D eigenvalue weighted by Gasteiger charge is -2.30. The van der Waals surface area contributed by atoms with Gasteiger partial charge in [0.25, 0.3) is 0 Å². The van der Waals surface area contributed by atoms with Crippen LogP contribution in [0, 0.1) is 0 Å². The van der Waals surface area contributed by atoms with Crippen molar-refractivity contribution < 1.29 is 19.1 Å². The highest BCUT2D eigenvalue weighted by molar-refractivity contribution is 5.78. The highest BCUT2D eigenvalue weighted by Gasteiger charge is 2.22. The van der Waals surface area contributed by atoms with Crippen molar-refractivity contribution in [2.45, 2.75) is 25.9 Å². The number of hydrogen-bond acceptors (Lipinski definition) is 4. The van der Waals surface area contributed by atoms with Gasteiger partial charge in [-0.1, -0.05) is 30.3 Å². The summed E-state index contributed by atoms with van der Waals surface area (Å²) in [4.78, 5) is 28.3.